The lowest BCUT2D eigenvalue weighted by Gasteiger charge is -2.37. The zero-order valence-corrected chi connectivity index (χ0v) is 14.7. The normalized spacial score (nSPS) is 18.5. The summed E-state index contributed by atoms with van der Waals surface area (Å²) in [5.41, 5.74) is -0.116. The highest BCUT2D eigenvalue weighted by Crippen LogP contribution is 2.28. The fraction of sp³-hybridized carbons (Fsp3) is 1.00. The van der Waals surface area contributed by atoms with Gasteiger partial charge in [-0.15, -0.1) is 12.4 Å². The molecule has 1 rings (SSSR count). The van der Waals surface area contributed by atoms with Crippen LogP contribution in [-0.4, -0.2) is 73.4 Å². The molecule has 7 nitrogen and oxygen atoms in total. The Bertz CT molecular complexity index is 369. The molecule has 21 heavy (non-hydrogen) atoms. The Balaban J connectivity index is 0.00000400. The number of halogens is 1. The van der Waals surface area contributed by atoms with Crippen LogP contribution in [0.3, 0.4) is 0 Å². The summed E-state index contributed by atoms with van der Waals surface area (Å²) in [5, 5.41) is 3.29. The molecule has 0 bridgehead atoms. The molecule has 0 aromatic heterocycles. The summed E-state index contributed by atoms with van der Waals surface area (Å²) in [6.07, 6.45) is 1.82. The quantitative estimate of drug-likeness (QED) is 0.607. The molecule has 0 amide bonds. The molecule has 9 heteroatoms. The predicted octanol–water partition coefficient (Wildman–Crippen LogP) is -0.163. The van der Waals surface area contributed by atoms with E-state index in [0.717, 1.165) is 25.9 Å². The van der Waals surface area contributed by atoms with Gasteiger partial charge < -0.3 is 14.8 Å². The number of hydrogen-bond acceptors (Lipinski definition) is 5. The van der Waals surface area contributed by atoms with Crippen LogP contribution < -0.4 is 10.0 Å². The van der Waals surface area contributed by atoms with E-state index >= 15 is 0 Å². The molecule has 1 fully saturated rings. The van der Waals surface area contributed by atoms with Gasteiger partial charge in [0.05, 0.1) is 13.2 Å². The SMILES string of the molecule is COCCN(C)S(=O)(=O)NCC1(COC)CCNCC1.Cl. The number of ether oxygens (including phenoxy) is 2. The van der Waals surface area contributed by atoms with Crippen LogP contribution >= 0.6 is 12.4 Å². The third-order valence-corrected chi connectivity index (χ3v) is 5.28. The molecule has 0 radical (unpaired) electrons. The van der Waals surface area contributed by atoms with Crippen LogP contribution in [0.4, 0.5) is 0 Å². The van der Waals surface area contributed by atoms with Gasteiger partial charge in [0.1, 0.15) is 0 Å². The standard InChI is InChI=1S/C12H27N3O4S.ClH/c1-15(8-9-18-2)20(16,17)14-10-12(11-19-3)4-6-13-7-5-12;/h13-14H,4-11H2,1-3H3;1H. The minimum absolute atomic E-state index is 0. The summed E-state index contributed by atoms with van der Waals surface area (Å²) in [5.74, 6) is 0. The van der Waals surface area contributed by atoms with Crippen LogP contribution in [0.1, 0.15) is 12.8 Å². The van der Waals surface area contributed by atoms with Crippen LogP contribution in [0.2, 0.25) is 0 Å². The summed E-state index contributed by atoms with van der Waals surface area (Å²) in [4.78, 5) is 0. The smallest absolute Gasteiger partial charge is 0.279 e. The lowest BCUT2D eigenvalue weighted by Crippen LogP contribution is -2.49. The maximum atomic E-state index is 12.1. The number of rotatable bonds is 9. The number of nitrogens with zero attached hydrogens (tertiary/aromatic N) is 1. The van der Waals surface area contributed by atoms with E-state index in [0.29, 0.717) is 26.3 Å². The molecule has 0 saturated carbocycles. The van der Waals surface area contributed by atoms with Crippen molar-refractivity contribution in [3.8, 4) is 0 Å². The van der Waals surface area contributed by atoms with Gasteiger partial charge in [0.15, 0.2) is 0 Å². The van der Waals surface area contributed by atoms with E-state index in [1.807, 2.05) is 0 Å². The Hall–Kier alpha value is 0.0400. The first-order valence-corrected chi connectivity index (χ1v) is 8.29. The van der Waals surface area contributed by atoms with Gasteiger partial charge in [0.2, 0.25) is 0 Å². The summed E-state index contributed by atoms with van der Waals surface area (Å²) in [7, 11) is 1.30. The van der Waals surface area contributed by atoms with E-state index in [1.54, 1.807) is 21.3 Å². The lowest BCUT2D eigenvalue weighted by atomic mass is 9.80. The fourth-order valence-electron chi connectivity index (χ4n) is 2.33. The molecule has 0 aromatic rings. The van der Waals surface area contributed by atoms with Crippen LogP contribution in [-0.2, 0) is 19.7 Å². The molecule has 1 heterocycles. The van der Waals surface area contributed by atoms with E-state index in [4.69, 9.17) is 9.47 Å². The largest absolute Gasteiger partial charge is 0.384 e. The molecule has 0 aromatic carbocycles. The maximum absolute atomic E-state index is 12.1. The number of methoxy groups -OCH3 is 2. The van der Waals surface area contributed by atoms with Gasteiger partial charge in [0, 0.05) is 39.8 Å². The molecule has 0 aliphatic carbocycles. The monoisotopic (exact) mass is 345 g/mol. The first-order chi connectivity index (χ1) is 9.46. The van der Waals surface area contributed by atoms with Crippen LogP contribution in [0.5, 0.6) is 0 Å². The van der Waals surface area contributed by atoms with Crippen molar-refractivity contribution in [1.82, 2.24) is 14.3 Å². The van der Waals surface area contributed by atoms with E-state index in [2.05, 4.69) is 10.0 Å². The van der Waals surface area contributed by atoms with E-state index in [1.165, 1.54) is 4.31 Å². The Kier molecular flexibility index (Phi) is 9.96. The summed E-state index contributed by atoms with van der Waals surface area (Å²) >= 11 is 0. The van der Waals surface area contributed by atoms with Gasteiger partial charge in [-0.2, -0.15) is 12.7 Å². The molecular weight excluding hydrogens is 318 g/mol. The second-order valence-corrected chi connectivity index (χ2v) is 7.19. The molecule has 0 atom stereocenters. The van der Waals surface area contributed by atoms with Crippen molar-refractivity contribution in [1.29, 1.82) is 0 Å². The van der Waals surface area contributed by atoms with Gasteiger partial charge >= 0.3 is 0 Å². The lowest BCUT2D eigenvalue weighted by molar-refractivity contribution is 0.0574. The van der Waals surface area contributed by atoms with Crippen molar-refractivity contribution in [2.45, 2.75) is 12.8 Å². The topological polar surface area (TPSA) is 79.9 Å². The number of nitrogens with one attached hydrogen (secondary N) is 2. The molecule has 0 unspecified atom stereocenters. The molecule has 1 aliphatic rings. The van der Waals surface area contributed by atoms with Gasteiger partial charge in [-0.05, 0) is 25.9 Å². The van der Waals surface area contributed by atoms with E-state index in [-0.39, 0.29) is 17.8 Å². The fourth-order valence-corrected chi connectivity index (χ4v) is 3.35. The van der Waals surface area contributed by atoms with Crippen LogP contribution in [0, 0.1) is 5.41 Å². The minimum atomic E-state index is -3.46. The van der Waals surface area contributed by atoms with Crippen molar-refractivity contribution in [2.75, 3.05) is 60.7 Å². The number of likely N-dealkylation sites (N-methyl/N-ethyl adjacent to an activating group) is 1. The van der Waals surface area contributed by atoms with Gasteiger partial charge in [-0.25, -0.2) is 4.72 Å². The van der Waals surface area contributed by atoms with E-state index in [9.17, 15) is 8.42 Å². The highest BCUT2D eigenvalue weighted by atomic mass is 35.5. The van der Waals surface area contributed by atoms with Gasteiger partial charge in [0.25, 0.3) is 10.2 Å². The highest BCUT2D eigenvalue weighted by Gasteiger charge is 2.33. The van der Waals surface area contributed by atoms with Crippen molar-refractivity contribution < 1.29 is 17.9 Å². The first-order valence-electron chi connectivity index (χ1n) is 6.85. The second-order valence-electron chi connectivity index (χ2n) is 5.32. The van der Waals surface area contributed by atoms with Crippen LogP contribution in [0.15, 0.2) is 0 Å². The maximum Gasteiger partial charge on any atom is 0.279 e. The summed E-state index contributed by atoms with van der Waals surface area (Å²) in [6, 6.07) is 0. The molecular formula is C12H28ClN3O4S. The van der Waals surface area contributed by atoms with Crippen molar-refractivity contribution >= 4 is 22.6 Å². The highest BCUT2D eigenvalue weighted by molar-refractivity contribution is 7.87. The Morgan fingerprint density at radius 2 is 1.86 bits per heavy atom. The van der Waals surface area contributed by atoms with Gasteiger partial charge in [-0.3, -0.25) is 0 Å². The Morgan fingerprint density at radius 1 is 1.24 bits per heavy atom. The third kappa shape index (κ3) is 6.77. The predicted molar refractivity (Wildman–Crippen MR) is 85.1 cm³/mol. The molecule has 1 saturated heterocycles. The molecule has 2 N–H and O–H groups in total. The zero-order chi connectivity index (χ0) is 15.1. The number of piperidine rings is 1. The van der Waals surface area contributed by atoms with Gasteiger partial charge in [-0.1, -0.05) is 0 Å². The molecule has 0 spiro atoms. The Morgan fingerprint density at radius 3 is 2.38 bits per heavy atom. The van der Waals surface area contributed by atoms with Crippen molar-refractivity contribution in [3.05, 3.63) is 0 Å². The van der Waals surface area contributed by atoms with Crippen LogP contribution in [0.25, 0.3) is 0 Å². The van der Waals surface area contributed by atoms with Crippen molar-refractivity contribution in [2.24, 2.45) is 5.41 Å². The average molecular weight is 346 g/mol. The summed E-state index contributed by atoms with van der Waals surface area (Å²) < 4.78 is 38.4. The average Bonchev–Trinajstić information content (AvgIpc) is 2.44. The van der Waals surface area contributed by atoms with E-state index < -0.39 is 10.2 Å². The van der Waals surface area contributed by atoms with Crippen molar-refractivity contribution in [3.63, 3.8) is 0 Å². The zero-order valence-electron chi connectivity index (χ0n) is 13.1. The molecule has 128 valence electrons. The molecule has 1 aliphatic heterocycles. The second kappa shape index (κ2) is 9.94. The third-order valence-electron chi connectivity index (χ3n) is 3.76. The summed E-state index contributed by atoms with van der Waals surface area (Å²) in [6.45, 7) is 3.48. The number of hydrogen-bond donors (Lipinski definition) is 2. The Labute approximate surface area is 134 Å². The minimum Gasteiger partial charge on any atom is -0.384 e. The first kappa shape index (κ1) is 21.0.